The second-order valence-electron chi connectivity index (χ2n) is 3.33. The van der Waals surface area contributed by atoms with E-state index in [4.69, 9.17) is 11.2 Å². The Morgan fingerprint density at radius 2 is 2.00 bits per heavy atom. The van der Waals surface area contributed by atoms with Crippen molar-refractivity contribution in [2.75, 3.05) is 0 Å². The molecule has 0 aromatic heterocycles. The molecule has 1 aromatic rings. The molecule has 0 bridgehead atoms. The molecule has 0 fully saturated rings. The molecule has 0 spiro atoms. The summed E-state index contributed by atoms with van der Waals surface area (Å²) in [6.45, 7) is 3.24. The Morgan fingerprint density at radius 3 is 2.50 bits per heavy atom. The number of rotatable bonds is 2. The minimum Gasteiger partial charge on any atom is -0.472 e. The second kappa shape index (κ2) is 3.67. The molecule has 0 atom stereocenters. The third-order valence-electron chi connectivity index (χ3n) is 1.61. The molecule has 0 aliphatic carbocycles. The number of terminal acetylenes is 1. The lowest BCUT2D eigenvalue weighted by Gasteiger charge is -2.20. The van der Waals surface area contributed by atoms with Gasteiger partial charge < -0.3 is 4.74 Å². The molecule has 0 saturated carbocycles. The molecule has 0 amide bonds. The van der Waals surface area contributed by atoms with E-state index in [1.807, 2.05) is 0 Å². The summed E-state index contributed by atoms with van der Waals surface area (Å²) in [4.78, 5) is 0. The third kappa shape index (κ3) is 2.46. The summed E-state index contributed by atoms with van der Waals surface area (Å²) in [5.74, 6) is 0.901. The van der Waals surface area contributed by atoms with Gasteiger partial charge in [0.05, 0.1) is 0 Å². The average molecular weight is 196 g/mol. The zero-order valence-corrected chi connectivity index (χ0v) is 7.97. The lowest BCUT2D eigenvalue weighted by molar-refractivity contribution is 0.164. The summed E-state index contributed by atoms with van der Waals surface area (Å²) in [6.07, 6.45) is 5.16. The van der Waals surface area contributed by atoms with Crippen LogP contribution in [0.3, 0.4) is 0 Å². The first-order chi connectivity index (χ1) is 6.44. The molecule has 1 rings (SSSR count). The lowest BCUT2D eigenvalue weighted by atomic mass is 10.1. The Morgan fingerprint density at radius 1 is 1.36 bits per heavy atom. The van der Waals surface area contributed by atoms with E-state index >= 15 is 0 Å². The fourth-order valence-corrected chi connectivity index (χ4v) is 0.862. The highest BCUT2D eigenvalue weighted by atomic mass is 19.1. The maximum absolute atomic E-state index is 13.1. The van der Waals surface area contributed by atoms with Crippen molar-refractivity contribution in [1.29, 1.82) is 0 Å². The Hall–Kier alpha value is -1.56. The van der Waals surface area contributed by atoms with Crippen molar-refractivity contribution in [2.45, 2.75) is 19.4 Å². The van der Waals surface area contributed by atoms with Crippen LogP contribution >= 0.6 is 0 Å². The van der Waals surface area contributed by atoms with E-state index < -0.39 is 17.2 Å². The van der Waals surface area contributed by atoms with Crippen LogP contribution in [0.5, 0.6) is 5.75 Å². The highest BCUT2D eigenvalue weighted by Crippen LogP contribution is 2.22. The summed E-state index contributed by atoms with van der Waals surface area (Å²) < 4.78 is 30.8. The van der Waals surface area contributed by atoms with Gasteiger partial charge in [-0.15, -0.1) is 6.42 Å². The number of ether oxygens (including phenoxy) is 1. The van der Waals surface area contributed by atoms with Gasteiger partial charge in [-0.3, -0.25) is 0 Å². The van der Waals surface area contributed by atoms with Gasteiger partial charge in [0.15, 0.2) is 17.2 Å². The first-order valence-corrected chi connectivity index (χ1v) is 4.06. The van der Waals surface area contributed by atoms with Gasteiger partial charge in [0.2, 0.25) is 0 Å². The smallest absolute Gasteiger partial charge is 0.168 e. The monoisotopic (exact) mass is 196 g/mol. The molecule has 0 radical (unpaired) electrons. The zero-order valence-electron chi connectivity index (χ0n) is 7.97. The number of halogens is 2. The largest absolute Gasteiger partial charge is 0.472 e. The molecule has 0 saturated heterocycles. The molecular weight excluding hydrogens is 186 g/mol. The van der Waals surface area contributed by atoms with Crippen LogP contribution in [-0.4, -0.2) is 5.60 Å². The molecule has 0 unspecified atom stereocenters. The van der Waals surface area contributed by atoms with Crippen LogP contribution < -0.4 is 4.74 Å². The maximum atomic E-state index is 13.1. The van der Waals surface area contributed by atoms with E-state index in [9.17, 15) is 8.78 Å². The Balaban J connectivity index is 2.94. The third-order valence-corrected chi connectivity index (χ3v) is 1.61. The predicted molar refractivity (Wildman–Crippen MR) is 49.9 cm³/mol. The van der Waals surface area contributed by atoms with Crippen LogP contribution in [-0.2, 0) is 0 Å². The van der Waals surface area contributed by atoms with E-state index in [1.54, 1.807) is 13.8 Å². The summed E-state index contributed by atoms with van der Waals surface area (Å²) in [5.41, 5.74) is -0.904. The first-order valence-electron chi connectivity index (χ1n) is 4.06. The van der Waals surface area contributed by atoms with Crippen LogP contribution in [0.1, 0.15) is 13.8 Å². The normalized spacial score (nSPS) is 10.8. The van der Waals surface area contributed by atoms with Gasteiger partial charge >= 0.3 is 0 Å². The molecule has 0 aliphatic rings. The molecule has 1 nitrogen and oxygen atoms in total. The molecular formula is C11H10F2O. The van der Waals surface area contributed by atoms with Gasteiger partial charge in [0.1, 0.15) is 5.82 Å². The van der Waals surface area contributed by atoms with Gasteiger partial charge in [-0.05, 0) is 26.0 Å². The van der Waals surface area contributed by atoms with Crippen LogP contribution in [0.2, 0.25) is 0 Å². The maximum Gasteiger partial charge on any atom is 0.168 e. The van der Waals surface area contributed by atoms with Gasteiger partial charge in [-0.25, -0.2) is 8.78 Å². The fraction of sp³-hybridized carbons (Fsp3) is 0.273. The number of hydrogen-bond donors (Lipinski definition) is 0. The number of hydrogen-bond acceptors (Lipinski definition) is 1. The highest BCUT2D eigenvalue weighted by molar-refractivity contribution is 5.26. The summed E-state index contributed by atoms with van der Waals surface area (Å²) in [5, 5.41) is 0. The minimum absolute atomic E-state index is 0.0469. The molecule has 3 heteroatoms. The fourth-order valence-electron chi connectivity index (χ4n) is 0.862. The quantitative estimate of drug-likeness (QED) is 0.661. The van der Waals surface area contributed by atoms with Gasteiger partial charge in [0.25, 0.3) is 0 Å². The van der Waals surface area contributed by atoms with Crippen LogP contribution in [0, 0.1) is 24.0 Å². The van der Waals surface area contributed by atoms with Crippen LogP contribution in [0.15, 0.2) is 18.2 Å². The Bertz CT molecular complexity index is 377. The lowest BCUT2D eigenvalue weighted by Crippen LogP contribution is -2.26. The second-order valence-corrected chi connectivity index (χ2v) is 3.33. The molecule has 1 aromatic carbocycles. The molecule has 74 valence electrons. The van der Waals surface area contributed by atoms with Crippen molar-refractivity contribution in [1.82, 2.24) is 0 Å². The summed E-state index contributed by atoms with van der Waals surface area (Å²) in [6, 6.07) is 3.08. The zero-order chi connectivity index (χ0) is 10.8. The SMILES string of the molecule is C#CC(C)(C)Oc1ccc(F)cc1F. The van der Waals surface area contributed by atoms with Crippen molar-refractivity contribution in [3.63, 3.8) is 0 Å². The van der Waals surface area contributed by atoms with Gasteiger partial charge in [0, 0.05) is 6.07 Å². The molecule has 0 aliphatic heterocycles. The van der Waals surface area contributed by atoms with Gasteiger partial charge in [-0.1, -0.05) is 5.92 Å². The van der Waals surface area contributed by atoms with E-state index in [2.05, 4.69) is 5.92 Å². The van der Waals surface area contributed by atoms with Crippen molar-refractivity contribution in [3.8, 4) is 18.1 Å². The first kappa shape index (κ1) is 10.5. The van der Waals surface area contributed by atoms with Crippen molar-refractivity contribution in [3.05, 3.63) is 29.8 Å². The van der Waals surface area contributed by atoms with E-state index in [0.717, 1.165) is 12.1 Å². The Labute approximate surface area is 81.7 Å². The average Bonchev–Trinajstić information content (AvgIpc) is 2.10. The summed E-state index contributed by atoms with van der Waals surface area (Å²) >= 11 is 0. The molecule has 0 N–H and O–H groups in total. The van der Waals surface area contributed by atoms with Crippen LogP contribution in [0.4, 0.5) is 8.78 Å². The molecule has 0 heterocycles. The van der Waals surface area contributed by atoms with Crippen LogP contribution in [0.25, 0.3) is 0 Å². The highest BCUT2D eigenvalue weighted by Gasteiger charge is 2.17. The summed E-state index contributed by atoms with van der Waals surface area (Å²) in [7, 11) is 0. The number of benzene rings is 1. The van der Waals surface area contributed by atoms with E-state index in [-0.39, 0.29) is 5.75 Å². The van der Waals surface area contributed by atoms with Gasteiger partial charge in [-0.2, -0.15) is 0 Å². The predicted octanol–water partition coefficient (Wildman–Crippen LogP) is 2.76. The standard InChI is InChI=1S/C11H10F2O/c1-4-11(2,3)14-10-6-5-8(12)7-9(10)13/h1,5-7H,2-3H3. The van der Waals surface area contributed by atoms with Crippen molar-refractivity contribution < 1.29 is 13.5 Å². The van der Waals surface area contributed by atoms with Crippen molar-refractivity contribution >= 4 is 0 Å². The molecule has 14 heavy (non-hydrogen) atoms. The topological polar surface area (TPSA) is 9.23 Å². The van der Waals surface area contributed by atoms with E-state index in [1.165, 1.54) is 6.07 Å². The Kier molecular flexibility index (Phi) is 2.76. The van der Waals surface area contributed by atoms with Crippen molar-refractivity contribution in [2.24, 2.45) is 0 Å². The minimum atomic E-state index is -0.904. The van der Waals surface area contributed by atoms with E-state index in [0.29, 0.717) is 0 Å².